The number of ketones is 1. The summed E-state index contributed by atoms with van der Waals surface area (Å²) in [5.41, 5.74) is 0. The third kappa shape index (κ3) is 8.67. The van der Waals surface area contributed by atoms with Gasteiger partial charge in [0.1, 0.15) is 11.6 Å². The maximum atomic E-state index is 11.9. The number of fused-ring (bicyclic) bond motifs is 1. The van der Waals surface area contributed by atoms with Gasteiger partial charge in [-0.3, -0.25) is 4.79 Å². The molecule has 0 atom stereocenters. The van der Waals surface area contributed by atoms with Crippen LogP contribution in [0.1, 0.15) is 75.7 Å². The van der Waals surface area contributed by atoms with E-state index in [-0.39, 0.29) is 24.4 Å². The van der Waals surface area contributed by atoms with Crippen molar-refractivity contribution in [3.63, 3.8) is 0 Å². The fourth-order valence-corrected chi connectivity index (χ4v) is 2.36. The first-order valence-corrected chi connectivity index (χ1v) is 9.88. The van der Waals surface area contributed by atoms with E-state index < -0.39 is 5.92 Å². The Labute approximate surface area is 165 Å². The van der Waals surface area contributed by atoms with Crippen LogP contribution in [-0.2, 0) is 13.0 Å². The summed E-state index contributed by atoms with van der Waals surface area (Å²) in [6, 6.07) is 7.94. The van der Waals surface area contributed by atoms with E-state index in [1.54, 1.807) is 18.2 Å². The van der Waals surface area contributed by atoms with Crippen LogP contribution in [0.5, 0.6) is 0 Å². The molecule has 28 heavy (non-hydrogen) atoms. The number of unbranched alkanes of at least 4 members (excludes halogenated alkanes) is 1. The Balaban J connectivity index is 0.000000237. The van der Waals surface area contributed by atoms with Crippen molar-refractivity contribution in [2.24, 2.45) is 0 Å². The van der Waals surface area contributed by atoms with Crippen LogP contribution in [0.3, 0.4) is 0 Å². The van der Waals surface area contributed by atoms with Gasteiger partial charge in [0.2, 0.25) is 17.5 Å². The average Bonchev–Trinajstić information content (AvgIpc) is 3.30. The molecule has 0 bridgehead atoms. The van der Waals surface area contributed by atoms with Crippen LogP contribution < -0.4 is 0 Å². The van der Waals surface area contributed by atoms with Gasteiger partial charge < -0.3 is 0 Å². The van der Waals surface area contributed by atoms with Gasteiger partial charge in [-0.2, -0.15) is 0 Å². The first-order valence-electron chi connectivity index (χ1n) is 9.88. The van der Waals surface area contributed by atoms with E-state index >= 15 is 0 Å². The largest absolute Gasteiger partial charge is 0.291 e. The van der Waals surface area contributed by atoms with Gasteiger partial charge in [-0.25, -0.2) is 22.8 Å². The zero-order chi connectivity index (χ0) is 21.0. The SMILES string of the molecule is CCC(F)(F)CC.CCCCC(=O)c1nc2n(n1)CCC2.Fc1ccccc1. The number of aryl methyl sites for hydroxylation is 2. The number of hydrogen-bond acceptors (Lipinski definition) is 3. The van der Waals surface area contributed by atoms with Gasteiger partial charge in [-0.05, 0) is 25.0 Å². The fraction of sp³-hybridized carbons (Fsp3) is 0.571. The highest BCUT2D eigenvalue weighted by Crippen LogP contribution is 2.20. The first kappa shape index (κ1) is 23.9. The zero-order valence-corrected chi connectivity index (χ0v) is 16.9. The lowest BCUT2D eigenvalue weighted by Crippen LogP contribution is -2.10. The van der Waals surface area contributed by atoms with Gasteiger partial charge in [-0.1, -0.05) is 45.4 Å². The molecule has 1 aromatic heterocycles. The Morgan fingerprint density at radius 2 is 1.79 bits per heavy atom. The molecule has 156 valence electrons. The minimum absolute atomic E-state index is 0.0382. The van der Waals surface area contributed by atoms with E-state index in [0.29, 0.717) is 12.2 Å². The van der Waals surface area contributed by atoms with Gasteiger partial charge in [0.15, 0.2) is 0 Å². The highest BCUT2D eigenvalue weighted by Gasteiger charge is 2.21. The Kier molecular flexibility index (Phi) is 10.5. The maximum absolute atomic E-state index is 11.9. The molecule has 2 heterocycles. The molecule has 1 aliphatic heterocycles. The smallest absolute Gasteiger partial charge is 0.247 e. The van der Waals surface area contributed by atoms with Crippen LogP contribution in [0.25, 0.3) is 0 Å². The molecule has 0 radical (unpaired) electrons. The molecular formula is C21H30F3N3O. The van der Waals surface area contributed by atoms with Crippen LogP contribution >= 0.6 is 0 Å². The van der Waals surface area contributed by atoms with Crippen molar-refractivity contribution in [3.8, 4) is 0 Å². The van der Waals surface area contributed by atoms with E-state index in [4.69, 9.17) is 0 Å². The number of rotatable bonds is 6. The summed E-state index contributed by atoms with van der Waals surface area (Å²) >= 11 is 0. The highest BCUT2D eigenvalue weighted by atomic mass is 19.3. The molecule has 1 aliphatic rings. The minimum atomic E-state index is -2.42. The molecule has 0 unspecified atom stereocenters. The third-order valence-corrected chi connectivity index (χ3v) is 4.29. The molecule has 4 nitrogen and oxygen atoms in total. The number of carbonyl (C=O) groups is 1. The molecule has 0 saturated heterocycles. The predicted octanol–water partition coefficient (Wildman–Crippen LogP) is 5.86. The van der Waals surface area contributed by atoms with E-state index in [9.17, 15) is 18.0 Å². The van der Waals surface area contributed by atoms with Crippen LogP contribution in [0, 0.1) is 5.82 Å². The Hall–Kier alpha value is -2.18. The van der Waals surface area contributed by atoms with Gasteiger partial charge in [-0.15, -0.1) is 5.10 Å². The van der Waals surface area contributed by atoms with E-state index in [1.165, 1.54) is 26.0 Å². The molecule has 0 spiro atoms. The Bertz CT molecular complexity index is 675. The Morgan fingerprint density at radius 1 is 1.14 bits per heavy atom. The lowest BCUT2D eigenvalue weighted by Gasteiger charge is -2.08. The topological polar surface area (TPSA) is 47.8 Å². The summed E-state index contributed by atoms with van der Waals surface area (Å²) in [6.45, 7) is 5.98. The second-order valence-electron chi connectivity index (χ2n) is 6.56. The number of Topliss-reactive ketones (excluding diaryl/α,β-unsaturated/α-hetero) is 1. The summed E-state index contributed by atoms with van der Waals surface area (Å²) in [4.78, 5) is 15.8. The van der Waals surface area contributed by atoms with E-state index in [0.717, 1.165) is 38.1 Å². The average molecular weight is 397 g/mol. The zero-order valence-electron chi connectivity index (χ0n) is 16.9. The van der Waals surface area contributed by atoms with Crippen LogP contribution in [0.2, 0.25) is 0 Å². The molecule has 0 amide bonds. The van der Waals surface area contributed by atoms with Crippen LogP contribution in [0.4, 0.5) is 13.2 Å². The van der Waals surface area contributed by atoms with Gasteiger partial charge in [0, 0.05) is 32.2 Å². The van der Waals surface area contributed by atoms with Crippen molar-refractivity contribution in [1.29, 1.82) is 0 Å². The minimum Gasteiger partial charge on any atom is -0.291 e. The van der Waals surface area contributed by atoms with Crippen molar-refractivity contribution in [2.45, 2.75) is 78.2 Å². The second kappa shape index (κ2) is 12.3. The molecule has 2 aromatic rings. The molecule has 1 aromatic carbocycles. The van der Waals surface area contributed by atoms with Gasteiger partial charge >= 0.3 is 0 Å². The summed E-state index contributed by atoms with van der Waals surface area (Å²) in [7, 11) is 0. The van der Waals surface area contributed by atoms with Crippen molar-refractivity contribution < 1.29 is 18.0 Å². The number of alkyl halides is 2. The normalized spacial score (nSPS) is 12.4. The molecular weight excluding hydrogens is 367 g/mol. The Morgan fingerprint density at radius 3 is 2.21 bits per heavy atom. The highest BCUT2D eigenvalue weighted by molar-refractivity contribution is 5.92. The number of aromatic nitrogens is 3. The summed E-state index contributed by atoms with van der Waals surface area (Å²) < 4.78 is 37.5. The maximum Gasteiger partial charge on any atom is 0.247 e. The summed E-state index contributed by atoms with van der Waals surface area (Å²) in [6.07, 6.45) is 4.56. The first-order chi connectivity index (χ1) is 13.3. The van der Waals surface area contributed by atoms with E-state index in [2.05, 4.69) is 17.0 Å². The summed E-state index contributed by atoms with van der Waals surface area (Å²) in [5.74, 6) is -1.10. The fourth-order valence-electron chi connectivity index (χ4n) is 2.36. The quantitative estimate of drug-likeness (QED) is 0.573. The molecule has 0 saturated carbocycles. The molecule has 0 aliphatic carbocycles. The number of carbonyl (C=O) groups excluding carboxylic acids is 1. The second-order valence-corrected chi connectivity index (χ2v) is 6.56. The van der Waals surface area contributed by atoms with Crippen molar-refractivity contribution in [1.82, 2.24) is 14.8 Å². The van der Waals surface area contributed by atoms with Gasteiger partial charge in [0.05, 0.1) is 0 Å². The number of halogens is 3. The molecule has 7 heteroatoms. The molecule has 0 fully saturated rings. The number of benzene rings is 1. The van der Waals surface area contributed by atoms with Crippen molar-refractivity contribution in [3.05, 3.63) is 47.8 Å². The lowest BCUT2D eigenvalue weighted by atomic mass is 10.2. The van der Waals surface area contributed by atoms with E-state index in [1.807, 2.05) is 4.68 Å². The third-order valence-electron chi connectivity index (χ3n) is 4.29. The summed E-state index contributed by atoms with van der Waals surface area (Å²) in [5, 5.41) is 4.20. The molecule has 0 N–H and O–H groups in total. The van der Waals surface area contributed by atoms with Crippen LogP contribution in [0.15, 0.2) is 30.3 Å². The lowest BCUT2D eigenvalue weighted by molar-refractivity contribution is -0.00647. The van der Waals surface area contributed by atoms with Crippen LogP contribution in [-0.4, -0.2) is 26.5 Å². The molecule has 3 rings (SSSR count). The standard InChI is InChI=1S/C10H15N3O.C6H5F.C5H10F2/c1-2-3-5-8(14)10-11-9-6-4-7-13(9)12-10;7-6-4-2-1-3-5-6;1-3-5(6,7)4-2/h2-7H2,1H3;1-5H;3-4H2,1-2H3. The van der Waals surface area contributed by atoms with Crippen molar-refractivity contribution in [2.75, 3.05) is 0 Å². The van der Waals surface area contributed by atoms with Gasteiger partial charge in [0.25, 0.3) is 0 Å². The number of hydrogen-bond donors (Lipinski definition) is 0. The monoisotopic (exact) mass is 397 g/mol. The van der Waals surface area contributed by atoms with Crippen molar-refractivity contribution >= 4 is 5.78 Å². The predicted molar refractivity (Wildman–Crippen MR) is 104 cm³/mol. The number of nitrogens with zero attached hydrogens (tertiary/aromatic N) is 3.